The van der Waals surface area contributed by atoms with Crippen LogP contribution < -0.4 is 4.74 Å². The highest BCUT2D eigenvalue weighted by atomic mass is 16.5. The highest BCUT2D eigenvalue weighted by molar-refractivity contribution is 5.68. The lowest BCUT2D eigenvalue weighted by molar-refractivity contribution is -0.132. The molecule has 0 N–H and O–H groups in total. The summed E-state index contributed by atoms with van der Waals surface area (Å²) in [5.74, 6) is -0.137. The van der Waals surface area contributed by atoms with Gasteiger partial charge in [-0.25, -0.2) is 4.98 Å². The molecule has 11 heavy (non-hydrogen) atoms. The van der Waals surface area contributed by atoms with E-state index in [4.69, 9.17) is 0 Å². The lowest BCUT2D eigenvalue weighted by Crippen LogP contribution is -2.03. The Morgan fingerprint density at radius 1 is 1.55 bits per heavy atom. The zero-order chi connectivity index (χ0) is 8.27. The predicted molar refractivity (Wildman–Crippen MR) is 38.1 cm³/mol. The first kappa shape index (κ1) is 7.65. The topological polar surface area (TPSA) is 52.1 Å². The molecule has 1 rings (SSSR count). The van der Waals surface area contributed by atoms with Crippen LogP contribution in [0.4, 0.5) is 0 Å². The Hall–Kier alpha value is -1.45. The number of hydrogen-bond acceptors (Lipinski definition) is 4. The minimum atomic E-state index is -0.384. The molecule has 0 aliphatic carbocycles. The van der Waals surface area contributed by atoms with Gasteiger partial charge in [-0.2, -0.15) is 0 Å². The van der Waals surface area contributed by atoms with Crippen molar-refractivity contribution in [3.63, 3.8) is 0 Å². The van der Waals surface area contributed by atoms with Crippen LogP contribution in [0.5, 0.6) is 5.88 Å². The van der Waals surface area contributed by atoms with E-state index >= 15 is 0 Å². The second kappa shape index (κ2) is 3.09. The summed E-state index contributed by atoms with van der Waals surface area (Å²) in [7, 11) is 0. The van der Waals surface area contributed by atoms with Gasteiger partial charge in [-0.1, -0.05) is 0 Å². The largest absolute Gasteiger partial charge is 0.406 e. The summed E-state index contributed by atoms with van der Waals surface area (Å²) in [6, 6.07) is 0. The van der Waals surface area contributed by atoms with Crippen LogP contribution in [0.2, 0.25) is 0 Å². The Bertz CT molecular complexity index is 273. The molecule has 4 nitrogen and oxygen atoms in total. The lowest BCUT2D eigenvalue weighted by Gasteiger charge is -1.98. The molecule has 1 heterocycles. The molecule has 0 saturated carbocycles. The van der Waals surface area contributed by atoms with Gasteiger partial charge in [-0.05, 0) is 6.92 Å². The first-order valence-electron chi connectivity index (χ1n) is 3.15. The Morgan fingerprint density at radius 2 is 2.27 bits per heavy atom. The molecule has 0 atom stereocenters. The maximum Gasteiger partial charge on any atom is 0.309 e. The fraction of sp³-hybridized carbons (Fsp3) is 0.286. The van der Waals surface area contributed by atoms with E-state index < -0.39 is 0 Å². The second-order valence-electron chi connectivity index (χ2n) is 2.09. The van der Waals surface area contributed by atoms with Crippen LogP contribution >= 0.6 is 0 Å². The monoisotopic (exact) mass is 152 g/mol. The number of hydrogen-bond donors (Lipinski definition) is 0. The van der Waals surface area contributed by atoms with Gasteiger partial charge in [-0.15, -0.1) is 0 Å². The normalized spacial score (nSPS) is 9.27. The quantitative estimate of drug-likeness (QED) is 0.556. The van der Waals surface area contributed by atoms with Crippen LogP contribution in [0.15, 0.2) is 12.4 Å². The van der Waals surface area contributed by atoms with Gasteiger partial charge in [0.25, 0.3) is 0 Å². The summed E-state index contributed by atoms with van der Waals surface area (Å²) in [4.78, 5) is 18.1. The Kier molecular flexibility index (Phi) is 2.15. The third-order valence-corrected chi connectivity index (χ3v) is 0.981. The van der Waals surface area contributed by atoms with Gasteiger partial charge in [-0.3, -0.25) is 9.78 Å². The molecule has 0 fully saturated rings. The summed E-state index contributed by atoms with van der Waals surface area (Å²) in [6.07, 6.45) is 2.99. The molecule has 0 aliphatic heterocycles. The summed E-state index contributed by atoms with van der Waals surface area (Å²) in [5, 5.41) is 0. The molecule has 0 spiro atoms. The minimum absolute atomic E-state index is 0.248. The van der Waals surface area contributed by atoms with Crippen molar-refractivity contribution in [1.82, 2.24) is 9.97 Å². The first-order chi connectivity index (χ1) is 5.18. The van der Waals surface area contributed by atoms with Crippen LogP contribution in [-0.2, 0) is 4.79 Å². The molecule has 0 aromatic carbocycles. The summed E-state index contributed by atoms with van der Waals surface area (Å²) in [6.45, 7) is 3.10. The fourth-order valence-electron chi connectivity index (χ4n) is 0.637. The SMILES string of the molecule is CC(=O)Oc1cncc(C)n1. The van der Waals surface area contributed by atoms with Crippen molar-refractivity contribution in [3.05, 3.63) is 18.1 Å². The molecule has 0 amide bonds. The van der Waals surface area contributed by atoms with E-state index in [2.05, 4.69) is 14.7 Å². The van der Waals surface area contributed by atoms with E-state index in [-0.39, 0.29) is 11.8 Å². The molecule has 1 aromatic heterocycles. The number of rotatable bonds is 1. The lowest BCUT2D eigenvalue weighted by atomic mass is 10.5. The van der Waals surface area contributed by atoms with Crippen LogP contribution in [0.1, 0.15) is 12.6 Å². The number of nitrogens with zero attached hydrogens (tertiary/aromatic N) is 2. The number of aryl methyl sites for hydroxylation is 1. The first-order valence-corrected chi connectivity index (χ1v) is 3.15. The van der Waals surface area contributed by atoms with Crippen molar-refractivity contribution in [2.45, 2.75) is 13.8 Å². The fourth-order valence-corrected chi connectivity index (χ4v) is 0.637. The van der Waals surface area contributed by atoms with E-state index in [1.807, 2.05) is 0 Å². The zero-order valence-electron chi connectivity index (χ0n) is 6.37. The number of carbonyl (C=O) groups is 1. The Labute approximate surface area is 64.2 Å². The maximum atomic E-state index is 10.4. The zero-order valence-corrected chi connectivity index (χ0v) is 6.37. The number of carbonyl (C=O) groups excluding carboxylic acids is 1. The van der Waals surface area contributed by atoms with E-state index in [1.54, 1.807) is 13.1 Å². The number of aromatic nitrogens is 2. The minimum Gasteiger partial charge on any atom is -0.406 e. The van der Waals surface area contributed by atoms with Crippen molar-refractivity contribution in [2.75, 3.05) is 0 Å². The number of esters is 1. The summed E-state index contributed by atoms with van der Waals surface area (Å²) < 4.78 is 4.68. The van der Waals surface area contributed by atoms with Crippen molar-refractivity contribution < 1.29 is 9.53 Å². The van der Waals surface area contributed by atoms with Crippen LogP contribution in [0.3, 0.4) is 0 Å². The average molecular weight is 152 g/mol. The van der Waals surface area contributed by atoms with Gasteiger partial charge >= 0.3 is 5.97 Å². The standard InChI is InChI=1S/C7H8N2O2/c1-5-3-8-4-7(9-5)11-6(2)10/h3-4H,1-2H3. The molecule has 0 radical (unpaired) electrons. The van der Waals surface area contributed by atoms with Gasteiger partial charge in [0.15, 0.2) is 0 Å². The van der Waals surface area contributed by atoms with E-state index in [1.165, 1.54) is 13.1 Å². The molecule has 1 aromatic rings. The van der Waals surface area contributed by atoms with Gasteiger partial charge in [0.2, 0.25) is 5.88 Å². The third-order valence-electron chi connectivity index (χ3n) is 0.981. The highest BCUT2D eigenvalue weighted by Crippen LogP contribution is 2.03. The highest BCUT2D eigenvalue weighted by Gasteiger charge is 1.98. The molecular weight excluding hydrogens is 144 g/mol. The molecule has 0 aliphatic rings. The number of ether oxygens (including phenoxy) is 1. The summed E-state index contributed by atoms with van der Waals surface area (Å²) in [5.41, 5.74) is 0.726. The third kappa shape index (κ3) is 2.33. The average Bonchev–Trinajstić information content (AvgIpc) is 1.85. The maximum absolute atomic E-state index is 10.4. The Morgan fingerprint density at radius 3 is 2.82 bits per heavy atom. The van der Waals surface area contributed by atoms with Crippen LogP contribution in [0, 0.1) is 6.92 Å². The molecule has 4 heteroatoms. The van der Waals surface area contributed by atoms with Crippen molar-refractivity contribution >= 4 is 5.97 Å². The summed E-state index contributed by atoms with van der Waals surface area (Å²) >= 11 is 0. The van der Waals surface area contributed by atoms with E-state index in [0.717, 1.165) is 5.69 Å². The van der Waals surface area contributed by atoms with Gasteiger partial charge in [0.05, 0.1) is 11.9 Å². The van der Waals surface area contributed by atoms with E-state index in [9.17, 15) is 4.79 Å². The molecule has 0 unspecified atom stereocenters. The predicted octanol–water partition coefficient (Wildman–Crippen LogP) is 0.710. The second-order valence-corrected chi connectivity index (χ2v) is 2.09. The van der Waals surface area contributed by atoms with Crippen LogP contribution in [-0.4, -0.2) is 15.9 Å². The smallest absolute Gasteiger partial charge is 0.309 e. The molecule has 0 bridgehead atoms. The molecule has 0 saturated heterocycles. The van der Waals surface area contributed by atoms with Crippen molar-refractivity contribution in [2.24, 2.45) is 0 Å². The van der Waals surface area contributed by atoms with Crippen molar-refractivity contribution in [1.29, 1.82) is 0 Å². The Balaban J connectivity index is 2.79. The van der Waals surface area contributed by atoms with Crippen molar-refractivity contribution in [3.8, 4) is 5.88 Å². The van der Waals surface area contributed by atoms with Gasteiger partial charge in [0, 0.05) is 13.1 Å². The van der Waals surface area contributed by atoms with Gasteiger partial charge in [0.1, 0.15) is 0 Å². The van der Waals surface area contributed by atoms with Gasteiger partial charge < -0.3 is 4.74 Å². The molecule has 58 valence electrons. The molecular formula is C7H8N2O2. The van der Waals surface area contributed by atoms with E-state index in [0.29, 0.717) is 0 Å². The van der Waals surface area contributed by atoms with Crippen LogP contribution in [0.25, 0.3) is 0 Å².